The van der Waals surface area contributed by atoms with E-state index in [0.29, 0.717) is 0 Å². The van der Waals surface area contributed by atoms with E-state index < -0.39 is 0 Å². The van der Waals surface area contributed by atoms with Gasteiger partial charge in [-0.1, -0.05) is 18.2 Å². The summed E-state index contributed by atoms with van der Waals surface area (Å²) < 4.78 is 5.67. The van der Waals surface area contributed by atoms with Crippen LogP contribution in [0.1, 0.15) is 24.8 Å². The highest BCUT2D eigenvalue weighted by molar-refractivity contribution is 5.77. The van der Waals surface area contributed by atoms with Crippen LogP contribution in [0.15, 0.2) is 24.3 Å². The Bertz CT molecular complexity index is 414. The van der Waals surface area contributed by atoms with Crippen molar-refractivity contribution in [2.75, 3.05) is 26.7 Å². The minimum atomic E-state index is 0.0963. The molecule has 0 radical (unpaired) electrons. The molecule has 1 aromatic carbocycles. The molecule has 1 aliphatic rings. The lowest BCUT2D eigenvalue weighted by Gasteiger charge is -2.26. The first-order valence-corrected chi connectivity index (χ1v) is 6.94. The van der Waals surface area contributed by atoms with E-state index in [2.05, 4.69) is 5.32 Å². The van der Waals surface area contributed by atoms with Crippen LogP contribution in [0.4, 0.5) is 0 Å². The van der Waals surface area contributed by atoms with Crippen molar-refractivity contribution in [3.63, 3.8) is 0 Å². The number of ether oxygens (including phenoxy) is 1. The highest BCUT2D eigenvalue weighted by atomic mass is 16.5. The number of benzene rings is 1. The molecular formula is C15H22N2O2. The Kier molecular flexibility index (Phi) is 5.21. The van der Waals surface area contributed by atoms with Crippen LogP contribution in [0.3, 0.4) is 0 Å². The Morgan fingerprint density at radius 2 is 2.00 bits per heavy atom. The van der Waals surface area contributed by atoms with Crippen molar-refractivity contribution < 1.29 is 9.53 Å². The van der Waals surface area contributed by atoms with Crippen LogP contribution in [0, 0.1) is 0 Å². The van der Waals surface area contributed by atoms with Crippen LogP contribution in [0.25, 0.3) is 0 Å². The number of carbonyl (C=O) groups is 1. The predicted molar refractivity (Wildman–Crippen MR) is 75.1 cm³/mol. The Balaban J connectivity index is 1.89. The van der Waals surface area contributed by atoms with Crippen LogP contribution in [0.2, 0.25) is 0 Å². The summed E-state index contributed by atoms with van der Waals surface area (Å²) in [7, 11) is 1.90. The van der Waals surface area contributed by atoms with Crippen molar-refractivity contribution in [3.05, 3.63) is 29.8 Å². The van der Waals surface area contributed by atoms with Gasteiger partial charge in [-0.3, -0.25) is 4.79 Å². The van der Waals surface area contributed by atoms with Gasteiger partial charge >= 0.3 is 0 Å². The Morgan fingerprint density at radius 3 is 2.74 bits per heavy atom. The van der Waals surface area contributed by atoms with Gasteiger partial charge in [-0.25, -0.2) is 0 Å². The van der Waals surface area contributed by atoms with Crippen LogP contribution < -0.4 is 10.1 Å². The second-order valence-electron chi connectivity index (χ2n) is 4.87. The van der Waals surface area contributed by atoms with Crippen LogP contribution in [-0.2, 0) is 11.3 Å². The van der Waals surface area contributed by atoms with Gasteiger partial charge in [-0.2, -0.15) is 0 Å². The summed E-state index contributed by atoms with van der Waals surface area (Å²) in [6.07, 6.45) is 3.46. The summed E-state index contributed by atoms with van der Waals surface area (Å²) in [4.78, 5) is 13.9. The summed E-state index contributed by atoms with van der Waals surface area (Å²) in [6.45, 7) is 2.63. The number of carbonyl (C=O) groups excluding carboxylic acids is 1. The Morgan fingerprint density at radius 1 is 1.26 bits per heavy atom. The minimum absolute atomic E-state index is 0.0963. The molecule has 1 heterocycles. The third kappa shape index (κ3) is 3.96. The molecule has 1 aliphatic heterocycles. The van der Waals surface area contributed by atoms with Crippen molar-refractivity contribution in [3.8, 4) is 5.75 Å². The van der Waals surface area contributed by atoms with Gasteiger partial charge in [-0.15, -0.1) is 0 Å². The molecule has 0 spiro atoms. The van der Waals surface area contributed by atoms with Gasteiger partial charge < -0.3 is 15.0 Å². The summed E-state index contributed by atoms with van der Waals surface area (Å²) in [6, 6.07) is 7.83. The molecule has 4 nitrogen and oxygen atoms in total. The number of hydrogen-bond acceptors (Lipinski definition) is 3. The first kappa shape index (κ1) is 13.9. The van der Waals surface area contributed by atoms with Crippen molar-refractivity contribution in [1.29, 1.82) is 0 Å². The molecule has 0 saturated carbocycles. The van der Waals surface area contributed by atoms with E-state index in [1.165, 1.54) is 6.42 Å². The Labute approximate surface area is 114 Å². The second-order valence-corrected chi connectivity index (χ2v) is 4.87. The van der Waals surface area contributed by atoms with E-state index in [4.69, 9.17) is 4.74 Å². The van der Waals surface area contributed by atoms with E-state index >= 15 is 0 Å². The van der Waals surface area contributed by atoms with Gasteiger partial charge in [0.15, 0.2) is 6.61 Å². The van der Waals surface area contributed by atoms with Gasteiger partial charge in [0.2, 0.25) is 0 Å². The molecule has 2 rings (SSSR count). The van der Waals surface area contributed by atoms with Crippen molar-refractivity contribution in [1.82, 2.24) is 10.2 Å². The maximum atomic E-state index is 12.0. The number of nitrogens with one attached hydrogen (secondary N) is 1. The van der Waals surface area contributed by atoms with E-state index in [9.17, 15) is 4.79 Å². The monoisotopic (exact) mass is 262 g/mol. The number of para-hydroxylation sites is 1. The van der Waals surface area contributed by atoms with E-state index in [-0.39, 0.29) is 12.5 Å². The highest BCUT2D eigenvalue weighted by Gasteiger charge is 2.17. The number of nitrogens with zero attached hydrogens (tertiary/aromatic N) is 1. The zero-order valence-corrected chi connectivity index (χ0v) is 11.5. The smallest absolute Gasteiger partial charge is 0.260 e. The fraction of sp³-hybridized carbons (Fsp3) is 0.533. The Hall–Kier alpha value is -1.55. The average molecular weight is 262 g/mol. The SMILES string of the molecule is CNCc1ccccc1OCC(=O)N1CCCCC1. The van der Waals surface area contributed by atoms with Crippen molar-refractivity contribution in [2.45, 2.75) is 25.8 Å². The lowest BCUT2D eigenvalue weighted by molar-refractivity contribution is -0.134. The molecule has 104 valence electrons. The van der Waals surface area contributed by atoms with Crippen molar-refractivity contribution >= 4 is 5.91 Å². The van der Waals surface area contributed by atoms with Gasteiger partial charge in [0.25, 0.3) is 5.91 Å². The van der Waals surface area contributed by atoms with Gasteiger partial charge in [0.1, 0.15) is 5.75 Å². The molecular weight excluding hydrogens is 240 g/mol. The number of likely N-dealkylation sites (tertiary alicyclic amines) is 1. The number of rotatable bonds is 5. The maximum absolute atomic E-state index is 12.0. The first-order valence-electron chi connectivity index (χ1n) is 6.94. The third-order valence-corrected chi connectivity index (χ3v) is 3.40. The number of amides is 1. The van der Waals surface area contributed by atoms with Crippen molar-refractivity contribution in [2.24, 2.45) is 0 Å². The molecule has 0 aliphatic carbocycles. The fourth-order valence-electron chi connectivity index (χ4n) is 2.36. The third-order valence-electron chi connectivity index (χ3n) is 3.40. The zero-order valence-electron chi connectivity index (χ0n) is 11.5. The molecule has 1 saturated heterocycles. The molecule has 0 aromatic heterocycles. The molecule has 0 atom stereocenters. The average Bonchev–Trinajstić information content (AvgIpc) is 2.47. The quantitative estimate of drug-likeness (QED) is 0.879. The molecule has 1 aromatic rings. The van der Waals surface area contributed by atoms with E-state index in [0.717, 1.165) is 43.8 Å². The van der Waals surface area contributed by atoms with Crippen LogP contribution in [-0.4, -0.2) is 37.6 Å². The first-order chi connectivity index (χ1) is 9.31. The normalized spacial score (nSPS) is 15.3. The van der Waals surface area contributed by atoms with E-state index in [1.54, 1.807) is 0 Å². The summed E-state index contributed by atoms with van der Waals surface area (Å²) >= 11 is 0. The molecule has 4 heteroatoms. The molecule has 0 unspecified atom stereocenters. The molecule has 0 bridgehead atoms. The van der Waals surface area contributed by atoms with E-state index in [1.807, 2.05) is 36.2 Å². The summed E-state index contributed by atoms with van der Waals surface area (Å²) in [5, 5.41) is 3.10. The molecule has 1 amide bonds. The topological polar surface area (TPSA) is 41.6 Å². The number of piperidine rings is 1. The zero-order chi connectivity index (χ0) is 13.5. The molecule has 19 heavy (non-hydrogen) atoms. The summed E-state index contributed by atoms with van der Waals surface area (Å²) in [5.74, 6) is 0.890. The van der Waals surface area contributed by atoms with Gasteiger partial charge in [0, 0.05) is 25.2 Å². The largest absolute Gasteiger partial charge is 0.483 e. The lowest BCUT2D eigenvalue weighted by atomic mass is 10.1. The highest BCUT2D eigenvalue weighted by Crippen LogP contribution is 2.18. The fourth-order valence-corrected chi connectivity index (χ4v) is 2.36. The summed E-state index contributed by atoms with van der Waals surface area (Å²) in [5.41, 5.74) is 1.08. The predicted octanol–water partition coefficient (Wildman–Crippen LogP) is 1.80. The standard InChI is InChI=1S/C15H22N2O2/c1-16-11-13-7-3-4-8-14(13)19-12-15(18)17-9-5-2-6-10-17/h3-4,7-8,16H,2,5-6,9-12H2,1H3. The number of hydrogen-bond donors (Lipinski definition) is 1. The van der Waals surface area contributed by atoms with Gasteiger partial charge in [0.05, 0.1) is 0 Å². The molecule has 1 fully saturated rings. The van der Waals surface area contributed by atoms with Crippen LogP contribution in [0.5, 0.6) is 5.75 Å². The van der Waals surface area contributed by atoms with Gasteiger partial charge in [-0.05, 0) is 32.4 Å². The molecule has 1 N–H and O–H groups in total. The maximum Gasteiger partial charge on any atom is 0.260 e. The second kappa shape index (κ2) is 7.14. The minimum Gasteiger partial charge on any atom is -0.483 e. The lowest BCUT2D eigenvalue weighted by Crippen LogP contribution is -2.38. The van der Waals surface area contributed by atoms with Crippen LogP contribution >= 0.6 is 0 Å².